The molecule has 1 aliphatic heterocycles. The van der Waals surface area contributed by atoms with Crippen LogP contribution in [-0.2, 0) is 0 Å². The van der Waals surface area contributed by atoms with Crippen LogP contribution in [-0.4, -0.2) is 23.5 Å². The average Bonchev–Trinajstić information content (AvgIpc) is 2.33. The van der Waals surface area contributed by atoms with E-state index in [0.717, 1.165) is 17.9 Å². The van der Waals surface area contributed by atoms with Gasteiger partial charge in [0.2, 0.25) is 0 Å². The van der Waals surface area contributed by atoms with Crippen molar-refractivity contribution in [1.29, 1.82) is 0 Å². The Morgan fingerprint density at radius 1 is 1.33 bits per heavy atom. The van der Waals surface area contributed by atoms with Gasteiger partial charge in [0.1, 0.15) is 0 Å². The molecule has 1 aliphatic carbocycles. The van der Waals surface area contributed by atoms with Crippen LogP contribution < -0.4 is 0 Å². The van der Waals surface area contributed by atoms with Crippen LogP contribution in [0.1, 0.15) is 20.8 Å². The van der Waals surface area contributed by atoms with Crippen molar-refractivity contribution in [2.45, 2.75) is 32.4 Å². The lowest BCUT2D eigenvalue weighted by molar-refractivity contribution is 0.210. The molecule has 0 bridgehead atoms. The number of nitrogens with zero attached hydrogens (tertiary/aromatic N) is 1. The molecule has 1 saturated heterocycles. The number of hydrogen-bond donors (Lipinski definition) is 0. The summed E-state index contributed by atoms with van der Waals surface area (Å²) in [7, 11) is 2.24. The predicted octanol–water partition coefficient (Wildman–Crippen LogP) is 1.34. The zero-order chi connectivity index (χ0) is 6.81. The van der Waals surface area contributed by atoms with Crippen LogP contribution in [0, 0.1) is 11.8 Å². The third kappa shape index (κ3) is 0.362. The minimum absolute atomic E-state index is 0.611. The lowest BCUT2D eigenvalue weighted by atomic mass is 9.68. The summed E-state index contributed by atoms with van der Waals surface area (Å²) in [5.41, 5.74) is 0.611. The normalized spacial score (nSPS) is 70.7. The molecule has 1 heteroatoms. The molecule has 1 saturated carbocycles. The summed E-state index contributed by atoms with van der Waals surface area (Å²) in [6, 6.07) is 0.924. The van der Waals surface area contributed by atoms with E-state index in [1.165, 1.54) is 0 Å². The molecule has 0 aromatic carbocycles. The van der Waals surface area contributed by atoms with E-state index in [0.29, 0.717) is 5.54 Å². The van der Waals surface area contributed by atoms with Gasteiger partial charge in [-0.05, 0) is 25.8 Å². The second kappa shape index (κ2) is 1.20. The first-order chi connectivity index (χ1) is 4.10. The zero-order valence-corrected chi connectivity index (χ0v) is 6.68. The molecule has 1 nitrogen and oxygen atoms in total. The lowest BCUT2D eigenvalue weighted by Crippen LogP contribution is -2.41. The minimum atomic E-state index is 0.611. The molecule has 9 heavy (non-hydrogen) atoms. The number of rotatable bonds is 0. The highest BCUT2D eigenvalue weighted by Gasteiger charge is 2.72. The molecule has 2 rings (SSSR count). The molecule has 0 amide bonds. The van der Waals surface area contributed by atoms with Gasteiger partial charge in [0, 0.05) is 11.6 Å². The van der Waals surface area contributed by atoms with Crippen molar-refractivity contribution in [3.63, 3.8) is 0 Å². The van der Waals surface area contributed by atoms with Crippen molar-refractivity contribution in [3.8, 4) is 0 Å². The summed E-state index contributed by atoms with van der Waals surface area (Å²) in [6.07, 6.45) is 0. The predicted molar refractivity (Wildman–Crippen MR) is 38.3 cm³/mol. The molecule has 0 aromatic heterocycles. The van der Waals surface area contributed by atoms with E-state index in [-0.39, 0.29) is 0 Å². The second-order valence-electron chi connectivity index (χ2n) is 3.93. The van der Waals surface area contributed by atoms with Crippen LogP contribution in [0.2, 0.25) is 0 Å². The van der Waals surface area contributed by atoms with E-state index in [1.807, 2.05) is 0 Å². The zero-order valence-electron chi connectivity index (χ0n) is 6.68. The van der Waals surface area contributed by atoms with Gasteiger partial charge in [0.05, 0.1) is 0 Å². The molecular weight excluding hydrogens is 110 g/mol. The van der Waals surface area contributed by atoms with Gasteiger partial charge in [-0.2, -0.15) is 0 Å². The molecule has 0 spiro atoms. The molecule has 0 radical (unpaired) electrons. The van der Waals surface area contributed by atoms with Gasteiger partial charge in [0.15, 0.2) is 0 Å². The summed E-state index contributed by atoms with van der Waals surface area (Å²) in [5, 5.41) is 0. The van der Waals surface area contributed by atoms with E-state index in [4.69, 9.17) is 0 Å². The lowest BCUT2D eigenvalue weighted by Gasteiger charge is -2.34. The summed E-state index contributed by atoms with van der Waals surface area (Å²) in [5.74, 6) is 1.87. The quantitative estimate of drug-likeness (QED) is 0.441. The van der Waals surface area contributed by atoms with Crippen molar-refractivity contribution in [2.75, 3.05) is 7.05 Å². The van der Waals surface area contributed by atoms with Crippen LogP contribution in [0.15, 0.2) is 0 Å². The van der Waals surface area contributed by atoms with Gasteiger partial charge in [-0.1, -0.05) is 13.8 Å². The number of likely N-dealkylation sites (tertiary alicyclic amines) is 1. The largest absolute Gasteiger partial charge is 0.294 e. The third-order valence-electron chi connectivity index (χ3n) is 3.92. The molecule has 1 heterocycles. The molecule has 52 valence electrons. The standard InChI is InChI=1S/C8H15N/c1-5-6(2)8(3)7(5)9(8)4/h5-7H,1-4H3. The summed E-state index contributed by atoms with van der Waals surface area (Å²) in [4.78, 5) is 2.50. The Morgan fingerprint density at radius 2 is 1.89 bits per heavy atom. The fourth-order valence-electron chi connectivity index (χ4n) is 2.76. The number of hydrogen-bond acceptors (Lipinski definition) is 1. The highest BCUT2D eigenvalue weighted by molar-refractivity contribution is 5.27. The van der Waals surface area contributed by atoms with Gasteiger partial charge in [-0.15, -0.1) is 0 Å². The molecular formula is C8H15N. The van der Waals surface area contributed by atoms with Gasteiger partial charge in [0.25, 0.3) is 0 Å². The summed E-state index contributed by atoms with van der Waals surface area (Å²) in [6.45, 7) is 7.10. The molecule has 0 aromatic rings. The Labute approximate surface area is 57.0 Å². The smallest absolute Gasteiger partial charge is 0.0368 e. The second-order valence-corrected chi connectivity index (χ2v) is 3.93. The van der Waals surface area contributed by atoms with Crippen LogP contribution in [0.3, 0.4) is 0 Å². The average molecular weight is 125 g/mol. The van der Waals surface area contributed by atoms with E-state index < -0.39 is 0 Å². The maximum absolute atomic E-state index is 2.50. The fraction of sp³-hybridized carbons (Fsp3) is 1.00. The van der Waals surface area contributed by atoms with E-state index >= 15 is 0 Å². The van der Waals surface area contributed by atoms with Gasteiger partial charge >= 0.3 is 0 Å². The van der Waals surface area contributed by atoms with E-state index in [2.05, 4.69) is 32.7 Å². The van der Waals surface area contributed by atoms with Crippen LogP contribution in [0.25, 0.3) is 0 Å². The SMILES string of the molecule is CC1C(C)C2(C)C1N2C. The van der Waals surface area contributed by atoms with Gasteiger partial charge < -0.3 is 0 Å². The highest BCUT2D eigenvalue weighted by Crippen LogP contribution is 2.62. The topological polar surface area (TPSA) is 3.01 Å². The highest BCUT2D eigenvalue weighted by atomic mass is 15.4. The Kier molecular flexibility index (Phi) is 0.760. The fourth-order valence-corrected chi connectivity index (χ4v) is 2.76. The first kappa shape index (κ1) is 5.72. The molecule has 2 fully saturated rings. The Bertz CT molecular complexity index is 141. The maximum Gasteiger partial charge on any atom is 0.0368 e. The summed E-state index contributed by atoms with van der Waals surface area (Å²) >= 11 is 0. The Hall–Kier alpha value is -0.0400. The van der Waals surface area contributed by atoms with Crippen molar-refractivity contribution < 1.29 is 0 Å². The van der Waals surface area contributed by atoms with Crippen molar-refractivity contribution >= 4 is 0 Å². The minimum Gasteiger partial charge on any atom is -0.294 e. The molecule has 2 aliphatic rings. The first-order valence-corrected chi connectivity index (χ1v) is 3.83. The molecule has 0 N–H and O–H groups in total. The maximum atomic E-state index is 2.50. The third-order valence-corrected chi connectivity index (χ3v) is 3.92. The number of fused-ring (bicyclic) bond motifs is 1. The van der Waals surface area contributed by atoms with Crippen LogP contribution in [0.5, 0.6) is 0 Å². The first-order valence-electron chi connectivity index (χ1n) is 3.83. The van der Waals surface area contributed by atoms with E-state index in [9.17, 15) is 0 Å². The molecule has 5 unspecified atom stereocenters. The number of likely N-dealkylation sites (N-methyl/N-ethyl adjacent to an activating group) is 1. The van der Waals surface area contributed by atoms with Crippen LogP contribution >= 0.6 is 0 Å². The van der Waals surface area contributed by atoms with Crippen molar-refractivity contribution in [2.24, 2.45) is 11.8 Å². The van der Waals surface area contributed by atoms with Gasteiger partial charge in [-0.25, -0.2) is 0 Å². The molecule has 5 atom stereocenters. The van der Waals surface area contributed by atoms with Crippen LogP contribution in [0.4, 0.5) is 0 Å². The van der Waals surface area contributed by atoms with Crippen molar-refractivity contribution in [1.82, 2.24) is 4.90 Å². The Balaban J connectivity index is 2.19. The van der Waals surface area contributed by atoms with Crippen molar-refractivity contribution in [3.05, 3.63) is 0 Å². The monoisotopic (exact) mass is 125 g/mol. The summed E-state index contributed by atoms with van der Waals surface area (Å²) < 4.78 is 0. The van der Waals surface area contributed by atoms with E-state index in [1.54, 1.807) is 0 Å². The van der Waals surface area contributed by atoms with Gasteiger partial charge in [-0.3, -0.25) is 4.90 Å². The Morgan fingerprint density at radius 3 is 2.00 bits per heavy atom.